The molecule has 5 heteroatoms. The standard InChI is InChI=1S/C24H30FN3O/c1-17(2)11-12-26-24(29)21-15-18-5-3-4-6-22(18)28-14-13-27(16-23(21)28)20-9-7-19(25)8-10-20/h3-10,17,21,23H,11-16H2,1-2H3,(H,26,29)/t21-,23+/m0/s1. The quantitative estimate of drug-likeness (QED) is 0.835. The number of carbonyl (C=O) groups excluding carboxylic acids is 1. The first kappa shape index (κ1) is 19.7. The normalized spacial score (nSPS) is 21.0. The molecule has 0 saturated carbocycles. The number of nitrogens with one attached hydrogen (secondary N) is 1. The number of piperazine rings is 1. The lowest BCUT2D eigenvalue weighted by atomic mass is 9.83. The first-order valence-corrected chi connectivity index (χ1v) is 10.7. The van der Waals surface area contributed by atoms with Crippen molar-refractivity contribution in [3.63, 3.8) is 0 Å². The maximum atomic E-state index is 13.4. The molecule has 154 valence electrons. The average molecular weight is 396 g/mol. The Morgan fingerprint density at radius 3 is 2.66 bits per heavy atom. The number of halogens is 1. The van der Waals surface area contributed by atoms with Gasteiger partial charge in [0.1, 0.15) is 5.82 Å². The molecule has 0 unspecified atom stereocenters. The van der Waals surface area contributed by atoms with Gasteiger partial charge in [-0.05, 0) is 54.7 Å². The summed E-state index contributed by atoms with van der Waals surface area (Å²) in [7, 11) is 0. The molecule has 1 N–H and O–H groups in total. The van der Waals surface area contributed by atoms with Crippen LogP contribution in [0.2, 0.25) is 0 Å². The highest BCUT2D eigenvalue weighted by atomic mass is 19.1. The van der Waals surface area contributed by atoms with Gasteiger partial charge in [-0.25, -0.2) is 4.39 Å². The monoisotopic (exact) mass is 395 g/mol. The Morgan fingerprint density at radius 2 is 1.90 bits per heavy atom. The van der Waals surface area contributed by atoms with E-state index in [4.69, 9.17) is 0 Å². The van der Waals surface area contributed by atoms with Crippen molar-refractivity contribution < 1.29 is 9.18 Å². The molecule has 0 aliphatic carbocycles. The van der Waals surface area contributed by atoms with Crippen LogP contribution in [0.4, 0.5) is 15.8 Å². The van der Waals surface area contributed by atoms with Crippen molar-refractivity contribution in [1.82, 2.24) is 5.32 Å². The Bertz CT molecular complexity index is 851. The second kappa shape index (κ2) is 8.44. The van der Waals surface area contributed by atoms with Crippen LogP contribution in [0, 0.1) is 17.7 Å². The van der Waals surface area contributed by atoms with Gasteiger partial charge in [-0.15, -0.1) is 0 Å². The SMILES string of the molecule is CC(C)CCNC(=O)[C@H]1Cc2ccccc2N2CCN(c3ccc(F)cc3)C[C@H]12. The second-order valence-corrected chi connectivity index (χ2v) is 8.60. The van der Waals surface area contributed by atoms with Gasteiger partial charge in [-0.2, -0.15) is 0 Å². The summed E-state index contributed by atoms with van der Waals surface area (Å²) in [5, 5.41) is 3.18. The first-order valence-electron chi connectivity index (χ1n) is 10.7. The molecule has 4 nitrogen and oxygen atoms in total. The van der Waals surface area contributed by atoms with E-state index in [9.17, 15) is 9.18 Å². The molecule has 2 aromatic carbocycles. The van der Waals surface area contributed by atoms with Crippen LogP contribution in [-0.4, -0.2) is 38.1 Å². The Labute approximate surface area is 172 Å². The van der Waals surface area contributed by atoms with Crippen molar-refractivity contribution in [3.05, 3.63) is 59.9 Å². The Kier molecular flexibility index (Phi) is 5.74. The topological polar surface area (TPSA) is 35.6 Å². The number of carbonyl (C=O) groups is 1. The highest BCUT2D eigenvalue weighted by molar-refractivity contribution is 5.82. The largest absolute Gasteiger partial charge is 0.368 e. The summed E-state index contributed by atoms with van der Waals surface area (Å²) < 4.78 is 13.4. The molecule has 1 saturated heterocycles. The minimum atomic E-state index is -0.221. The van der Waals surface area contributed by atoms with Gasteiger partial charge in [-0.3, -0.25) is 4.79 Å². The predicted octanol–water partition coefficient (Wildman–Crippen LogP) is 3.86. The summed E-state index contributed by atoms with van der Waals surface area (Å²) in [6, 6.07) is 15.2. The zero-order chi connectivity index (χ0) is 20.4. The summed E-state index contributed by atoms with van der Waals surface area (Å²) in [6.07, 6.45) is 1.76. The third kappa shape index (κ3) is 4.24. The lowest BCUT2D eigenvalue weighted by Crippen LogP contribution is -2.61. The lowest BCUT2D eigenvalue weighted by molar-refractivity contribution is -0.125. The van der Waals surface area contributed by atoms with E-state index < -0.39 is 0 Å². The maximum Gasteiger partial charge on any atom is 0.225 e. The number of fused-ring (bicyclic) bond motifs is 3. The molecular formula is C24H30FN3O. The van der Waals surface area contributed by atoms with Crippen molar-refractivity contribution in [3.8, 4) is 0 Å². The number of amides is 1. The van der Waals surface area contributed by atoms with Crippen molar-refractivity contribution in [2.45, 2.75) is 32.7 Å². The Hall–Kier alpha value is -2.56. The van der Waals surface area contributed by atoms with E-state index in [2.05, 4.69) is 53.2 Å². The highest BCUT2D eigenvalue weighted by Crippen LogP contribution is 2.36. The molecule has 29 heavy (non-hydrogen) atoms. The number of para-hydroxylation sites is 1. The number of hydrogen-bond donors (Lipinski definition) is 1. The van der Waals surface area contributed by atoms with Crippen LogP contribution in [-0.2, 0) is 11.2 Å². The second-order valence-electron chi connectivity index (χ2n) is 8.60. The Balaban J connectivity index is 1.57. The van der Waals surface area contributed by atoms with Crippen LogP contribution >= 0.6 is 0 Å². The first-order chi connectivity index (χ1) is 14.0. The number of benzene rings is 2. The van der Waals surface area contributed by atoms with E-state index in [-0.39, 0.29) is 23.7 Å². The molecule has 0 radical (unpaired) electrons. The van der Waals surface area contributed by atoms with Crippen molar-refractivity contribution >= 4 is 17.3 Å². The molecule has 1 fully saturated rings. The third-order valence-electron chi connectivity index (χ3n) is 6.17. The Morgan fingerprint density at radius 1 is 1.14 bits per heavy atom. The minimum Gasteiger partial charge on any atom is -0.368 e. The van der Waals surface area contributed by atoms with Crippen LogP contribution in [0.3, 0.4) is 0 Å². The van der Waals surface area contributed by atoms with Crippen molar-refractivity contribution in [1.29, 1.82) is 0 Å². The van der Waals surface area contributed by atoms with E-state index in [1.165, 1.54) is 23.4 Å². The van der Waals surface area contributed by atoms with Crippen LogP contribution in [0.25, 0.3) is 0 Å². The lowest BCUT2D eigenvalue weighted by Gasteiger charge is -2.49. The molecule has 0 bridgehead atoms. The average Bonchev–Trinajstić information content (AvgIpc) is 2.73. The third-order valence-corrected chi connectivity index (χ3v) is 6.17. The number of nitrogens with zero attached hydrogens (tertiary/aromatic N) is 2. The summed E-state index contributed by atoms with van der Waals surface area (Å²) in [4.78, 5) is 17.8. The fourth-order valence-electron chi connectivity index (χ4n) is 4.56. The summed E-state index contributed by atoms with van der Waals surface area (Å²) in [6.45, 7) is 7.55. The molecule has 0 spiro atoms. The van der Waals surface area contributed by atoms with Gasteiger partial charge in [0.15, 0.2) is 0 Å². The number of hydrogen-bond acceptors (Lipinski definition) is 3. The fraction of sp³-hybridized carbons (Fsp3) is 0.458. The molecular weight excluding hydrogens is 365 g/mol. The molecule has 2 heterocycles. The number of rotatable bonds is 5. The minimum absolute atomic E-state index is 0.0830. The van der Waals surface area contributed by atoms with E-state index in [0.29, 0.717) is 5.92 Å². The fourth-order valence-corrected chi connectivity index (χ4v) is 4.56. The van der Waals surface area contributed by atoms with E-state index in [1.54, 1.807) is 0 Å². The van der Waals surface area contributed by atoms with Gasteiger partial charge in [0, 0.05) is 37.6 Å². The summed E-state index contributed by atoms with van der Waals surface area (Å²) in [5.74, 6) is 0.417. The highest BCUT2D eigenvalue weighted by Gasteiger charge is 2.41. The van der Waals surface area contributed by atoms with Gasteiger partial charge in [-0.1, -0.05) is 32.0 Å². The zero-order valence-electron chi connectivity index (χ0n) is 17.3. The predicted molar refractivity (Wildman–Crippen MR) is 116 cm³/mol. The molecule has 2 aliphatic rings. The molecule has 2 aromatic rings. The van der Waals surface area contributed by atoms with E-state index >= 15 is 0 Å². The smallest absolute Gasteiger partial charge is 0.225 e. The molecule has 4 rings (SSSR count). The number of anilines is 2. The van der Waals surface area contributed by atoms with Gasteiger partial charge < -0.3 is 15.1 Å². The van der Waals surface area contributed by atoms with Gasteiger partial charge in [0.05, 0.1) is 12.0 Å². The van der Waals surface area contributed by atoms with Crippen molar-refractivity contribution in [2.24, 2.45) is 11.8 Å². The van der Waals surface area contributed by atoms with Crippen LogP contribution in [0.1, 0.15) is 25.8 Å². The molecule has 1 amide bonds. The van der Waals surface area contributed by atoms with E-state index in [1.807, 2.05) is 12.1 Å². The van der Waals surface area contributed by atoms with Crippen LogP contribution in [0.15, 0.2) is 48.5 Å². The van der Waals surface area contributed by atoms with Crippen molar-refractivity contribution in [2.75, 3.05) is 36.0 Å². The molecule has 2 atom stereocenters. The summed E-state index contributed by atoms with van der Waals surface area (Å²) >= 11 is 0. The van der Waals surface area contributed by atoms with Gasteiger partial charge in [0.25, 0.3) is 0 Å². The van der Waals surface area contributed by atoms with E-state index in [0.717, 1.165) is 44.7 Å². The van der Waals surface area contributed by atoms with Crippen LogP contribution < -0.4 is 15.1 Å². The maximum absolute atomic E-state index is 13.4. The molecule has 0 aromatic heterocycles. The van der Waals surface area contributed by atoms with Gasteiger partial charge in [0.2, 0.25) is 5.91 Å². The van der Waals surface area contributed by atoms with Crippen LogP contribution in [0.5, 0.6) is 0 Å². The summed E-state index contributed by atoms with van der Waals surface area (Å²) in [5.41, 5.74) is 3.52. The zero-order valence-corrected chi connectivity index (χ0v) is 17.3. The molecule has 2 aliphatic heterocycles. The van der Waals surface area contributed by atoms with Gasteiger partial charge >= 0.3 is 0 Å².